The summed E-state index contributed by atoms with van der Waals surface area (Å²) in [6.45, 7) is 0. The van der Waals surface area contributed by atoms with Crippen molar-refractivity contribution in [2.45, 2.75) is 12.2 Å². The molecule has 0 aromatic heterocycles. The Hall–Kier alpha value is -0.110. The molecular formula is C9H10ClIO4. The highest BCUT2D eigenvalue weighted by atomic mass is 127. The van der Waals surface area contributed by atoms with E-state index in [0.29, 0.717) is 10.6 Å². The second-order valence-corrected chi connectivity index (χ2v) is 3.81. The fourth-order valence-corrected chi connectivity index (χ4v) is 1.99. The van der Waals surface area contributed by atoms with Crippen LogP contribution in [0.15, 0.2) is 22.8 Å². The van der Waals surface area contributed by atoms with Crippen molar-refractivity contribution in [1.82, 2.24) is 0 Å². The van der Waals surface area contributed by atoms with Crippen LogP contribution >= 0.6 is 34.6 Å². The summed E-state index contributed by atoms with van der Waals surface area (Å²) in [6, 6.07) is 0. The molecule has 6 heteroatoms. The molecule has 0 spiro atoms. The zero-order chi connectivity index (χ0) is 11.5. The number of carbonyl (C=O) groups is 1. The van der Waals surface area contributed by atoms with Gasteiger partial charge in [-0.1, -0.05) is 11.6 Å². The molecule has 0 heterocycles. The van der Waals surface area contributed by atoms with Gasteiger partial charge in [0.2, 0.25) is 5.79 Å². The number of hydrogen-bond acceptors (Lipinski definition) is 4. The van der Waals surface area contributed by atoms with Crippen molar-refractivity contribution >= 4 is 40.6 Å². The van der Waals surface area contributed by atoms with Crippen molar-refractivity contribution in [3.8, 4) is 0 Å². The lowest BCUT2D eigenvalue weighted by Gasteiger charge is -2.28. The summed E-state index contributed by atoms with van der Waals surface area (Å²) in [7, 11) is 2.82. The SMILES string of the molecule is COC(=O)C1=C(Cl)CC(OC)(OI)C=C1. The lowest BCUT2D eigenvalue weighted by molar-refractivity contribution is -0.136. The van der Waals surface area contributed by atoms with Gasteiger partial charge in [-0.3, -0.25) is 3.07 Å². The predicted molar refractivity (Wildman–Crippen MR) is 63.5 cm³/mol. The predicted octanol–water partition coefficient (Wildman–Crippen LogP) is 2.32. The molecule has 1 aliphatic rings. The van der Waals surface area contributed by atoms with Gasteiger partial charge in [0.1, 0.15) is 23.0 Å². The maximum Gasteiger partial charge on any atom is 0.339 e. The summed E-state index contributed by atoms with van der Waals surface area (Å²) >= 11 is 7.69. The molecule has 0 N–H and O–H groups in total. The standard InChI is InChI=1S/C9H10ClIO4/c1-13-8(12)6-3-4-9(14-2,15-11)5-7(6)10/h3-4H,5H2,1-2H3. The fourth-order valence-electron chi connectivity index (χ4n) is 1.18. The molecular weight excluding hydrogens is 334 g/mol. The average Bonchev–Trinajstić information content (AvgIpc) is 2.27. The van der Waals surface area contributed by atoms with E-state index < -0.39 is 11.8 Å². The number of halogens is 2. The molecule has 0 aromatic rings. The van der Waals surface area contributed by atoms with Crippen LogP contribution in [0.4, 0.5) is 0 Å². The summed E-state index contributed by atoms with van der Waals surface area (Å²) in [5.41, 5.74) is 0.334. The first-order valence-electron chi connectivity index (χ1n) is 4.09. The topological polar surface area (TPSA) is 44.8 Å². The van der Waals surface area contributed by atoms with Gasteiger partial charge >= 0.3 is 5.97 Å². The Morgan fingerprint density at radius 1 is 1.60 bits per heavy atom. The fraction of sp³-hybridized carbons (Fsp3) is 0.444. The van der Waals surface area contributed by atoms with Crippen molar-refractivity contribution in [3.63, 3.8) is 0 Å². The largest absolute Gasteiger partial charge is 0.465 e. The highest BCUT2D eigenvalue weighted by Crippen LogP contribution is 2.34. The number of hydrogen-bond donors (Lipinski definition) is 0. The molecule has 84 valence electrons. The Kier molecular flexibility index (Phi) is 4.57. The zero-order valence-corrected chi connectivity index (χ0v) is 11.2. The third-order valence-corrected chi connectivity index (χ3v) is 3.16. The molecule has 4 nitrogen and oxygen atoms in total. The van der Waals surface area contributed by atoms with Gasteiger partial charge in [-0.15, -0.1) is 0 Å². The molecule has 0 saturated carbocycles. The van der Waals surface area contributed by atoms with Crippen molar-refractivity contribution in [2.75, 3.05) is 14.2 Å². The highest BCUT2D eigenvalue weighted by Gasteiger charge is 2.34. The zero-order valence-electron chi connectivity index (χ0n) is 8.25. The van der Waals surface area contributed by atoms with Crippen LogP contribution in [-0.2, 0) is 17.3 Å². The molecule has 1 rings (SSSR count). The number of carbonyl (C=O) groups excluding carboxylic acids is 1. The first-order chi connectivity index (χ1) is 7.08. The normalized spacial score (nSPS) is 25.6. The molecule has 1 aliphatic carbocycles. The van der Waals surface area contributed by atoms with Crippen LogP contribution in [0, 0.1) is 0 Å². The lowest BCUT2D eigenvalue weighted by atomic mass is 10.0. The summed E-state index contributed by atoms with van der Waals surface area (Å²) in [5, 5.41) is 0.364. The molecule has 0 bridgehead atoms. The van der Waals surface area contributed by atoms with Gasteiger partial charge in [-0.25, -0.2) is 4.79 Å². The summed E-state index contributed by atoms with van der Waals surface area (Å²) in [6.07, 6.45) is 3.46. The van der Waals surface area contributed by atoms with Crippen molar-refractivity contribution < 1.29 is 17.3 Å². The van der Waals surface area contributed by atoms with Crippen LogP contribution in [-0.4, -0.2) is 26.0 Å². The average molecular weight is 345 g/mol. The molecule has 0 saturated heterocycles. The molecule has 0 amide bonds. The highest BCUT2D eigenvalue weighted by molar-refractivity contribution is 14.1. The smallest absolute Gasteiger partial charge is 0.339 e. The minimum Gasteiger partial charge on any atom is -0.465 e. The third kappa shape index (κ3) is 2.72. The number of rotatable bonds is 3. The second-order valence-electron chi connectivity index (χ2n) is 2.91. The van der Waals surface area contributed by atoms with Crippen LogP contribution < -0.4 is 0 Å². The van der Waals surface area contributed by atoms with Crippen molar-refractivity contribution in [2.24, 2.45) is 0 Å². The first kappa shape index (κ1) is 13.0. The second kappa shape index (κ2) is 5.29. The van der Waals surface area contributed by atoms with E-state index in [0.717, 1.165) is 0 Å². The Morgan fingerprint density at radius 3 is 2.67 bits per heavy atom. The van der Waals surface area contributed by atoms with Crippen LogP contribution in [0.3, 0.4) is 0 Å². The van der Waals surface area contributed by atoms with Gasteiger partial charge < -0.3 is 9.47 Å². The summed E-state index contributed by atoms with van der Waals surface area (Å²) < 4.78 is 14.9. The van der Waals surface area contributed by atoms with E-state index in [-0.39, 0.29) is 6.42 Å². The van der Waals surface area contributed by atoms with Gasteiger partial charge in [-0.2, -0.15) is 0 Å². The van der Waals surface area contributed by atoms with Gasteiger partial charge in [0.05, 0.1) is 12.7 Å². The number of esters is 1. The maximum atomic E-state index is 11.3. The quantitative estimate of drug-likeness (QED) is 0.448. The molecule has 0 fully saturated rings. The van der Waals surface area contributed by atoms with E-state index in [2.05, 4.69) is 4.74 Å². The van der Waals surface area contributed by atoms with Gasteiger partial charge in [-0.05, 0) is 12.2 Å². The molecule has 15 heavy (non-hydrogen) atoms. The molecule has 0 aliphatic heterocycles. The first-order valence-corrected chi connectivity index (χ1v) is 5.35. The van der Waals surface area contributed by atoms with Crippen LogP contribution in [0.1, 0.15) is 6.42 Å². The van der Waals surface area contributed by atoms with Crippen LogP contribution in [0.2, 0.25) is 0 Å². The van der Waals surface area contributed by atoms with Gasteiger partial charge in [0.15, 0.2) is 0 Å². The van der Waals surface area contributed by atoms with E-state index in [9.17, 15) is 4.79 Å². The van der Waals surface area contributed by atoms with E-state index in [1.807, 2.05) is 0 Å². The molecule has 0 radical (unpaired) electrons. The van der Waals surface area contributed by atoms with Gasteiger partial charge in [0, 0.05) is 18.6 Å². The summed E-state index contributed by atoms with van der Waals surface area (Å²) in [4.78, 5) is 11.3. The number of ether oxygens (including phenoxy) is 2. The van der Waals surface area contributed by atoms with Crippen LogP contribution in [0.5, 0.6) is 0 Å². The lowest BCUT2D eigenvalue weighted by Crippen LogP contribution is -2.32. The van der Waals surface area contributed by atoms with Gasteiger partial charge in [0.25, 0.3) is 0 Å². The third-order valence-electron chi connectivity index (χ3n) is 2.08. The van der Waals surface area contributed by atoms with Crippen molar-refractivity contribution in [3.05, 3.63) is 22.8 Å². The van der Waals surface area contributed by atoms with E-state index in [4.69, 9.17) is 19.4 Å². The minimum absolute atomic E-state index is 0.287. The molecule has 0 aromatic carbocycles. The monoisotopic (exact) mass is 344 g/mol. The Bertz CT molecular complexity index is 320. The van der Waals surface area contributed by atoms with E-state index in [1.54, 1.807) is 35.2 Å². The van der Waals surface area contributed by atoms with Crippen molar-refractivity contribution in [1.29, 1.82) is 0 Å². The van der Waals surface area contributed by atoms with Crippen LogP contribution in [0.25, 0.3) is 0 Å². The maximum absolute atomic E-state index is 11.3. The minimum atomic E-state index is -0.894. The molecule has 1 unspecified atom stereocenters. The van der Waals surface area contributed by atoms with E-state index in [1.165, 1.54) is 14.2 Å². The Labute approximate surface area is 107 Å². The van der Waals surface area contributed by atoms with E-state index >= 15 is 0 Å². The number of methoxy groups -OCH3 is 2. The molecule has 1 atom stereocenters. The summed E-state index contributed by atoms with van der Waals surface area (Å²) in [5.74, 6) is -1.36. The Balaban J connectivity index is 2.93. The Morgan fingerprint density at radius 2 is 2.27 bits per heavy atom.